The second kappa shape index (κ2) is 9.18. The molecule has 31 heavy (non-hydrogen) atoms. The molecule has 0 aliphatic carbocycles. The number of sulfonamides is 1. The van der Waals surface area contributed by atoms with Crippen molar-refractivity contribution in [1.82, 2.24) is 4.31 Å². The number of anilines is 1. The first-order chi connectivity index (χ1) is 14.8. The predicted octanol–water partition coefficient (Wildman–Crippen LogP) is 6.55. The van der Waals surface area contributed by atoms with Crippen molar-refractivity contribution in [3.05, 3.63) is 92.4 Å². The van der Waals surface area contributed by atoms with Crippen LogP contribution in [-0.2, 0) is 10.0 Å². The molecule has 3 aromatic rings. The van der Waals surface area contributed by atoms with E-state index in [1.54, 1.807) is 36.4 Å². The third-order valence-electron chi connectivity index (χ3n) is 5.27. The van der Waals surface area contributed by atoms with Crippen molar-refractivity contribution in [3.63, 3.8) is 0 Å². The van der Waals surface area contributed by atoms with Crippen LogP contribution in [0.2, 0.25) is 20.1 Å². The lowest BCUT2D eigenvalue weighted by molar-refractivity contribution is 0.335. The van der Waals surface area contributed by atoms with Crippen LogP contribution in [0.3, 0.4) is 0 Å². The van der Waals surface area contributed by atoms with Gasteiger partial charge in [0, 0.05) is 34.7 Å². The Balaban J connectivity index is 1.72. The molecule has 0 amide bonds. The zero-order valence-corrected chi connectivity index (χ0v) is 20.0. The maximum atomic E-state index is 13.3. The Labute approximate surface area is 201 Å². The van der Waals surface area contributed by atoms with Crippen molar-refractivity contribution in [2.24, 2.45) is 0 Å². The first-order valence-corrected chi connectivity index (χ1v) is 12.4. The molecule has 0 spiro atoms. The Kier molecular flexibility index (Phi) is 6.73. The highest BCUT2D eigenvalue weighted by Crippen LogP contribution is 2.38. The Morgan fingerprint density at radius 3 is 1.94 bits per heavy atom. The van der Waals surface area contributed by atoms with E-state index in [0.717, 1.165) is 11.3 Å². The van der Waals surface area contributed by atoms with Crippen molar-refractivity contribution >= 4 is 62.1 Å². The van der Waals surface area contributed by atoms with Gasteiger partial charge < -0.3 is 4.90 Å². The van der Waals surface area contributed by atoms with Crippen molar-refractivity contribution in [3.8, 4) is 0 Å². The number of benzene rings is 3. The maximum Gasteiger partial charge on any atom is 0.243 e. The van der Waals surface area contributed by atoms with Crippen LogP contribution in [0.4, 0.5) is 5.69 Å². The quantitative estimate of drug-likeness (QED) is 0.395. The van der Waals surface area contributed by atoms with Crippen LogP contribution in [0.15, 0.2) is 71.6 Å². The van der Waals surface area contributed by atoms with Crippen molar-refractivity contribution in [2.75, 3.05) is 24.5 Å². The van der Waals surface area contributed by atoms with E-state index in [2.05, 4.69) is 4.90 Å². The van der Waals surface area contributed by atoms with Gasteiger partial charge in [0.05, 0.1) is 21.6 Å². The molecule has 4 nitrogen and oxygen atoms in total. The summed E-state index contributed by atoms with van der Waals surface area (Å²) >= 11 is 24.6. The highest BCUT2D eigenvalue weighted by molar-refractivity contribution is 7.89. The molecule has 9 heteroatoms. The van der Waals surface area contributed by atoms with Gasteiger partial charge in [-0.05, 0) is 60.2 Å². The summed E-state index contributed by atoms with van der Waals surface area (Å²) in [5, 5.41) is 2.16. The average Bonchev–Trinajstić information content (AvgIpc) is 2.74. The molecule has 0 bridgehead atoms. The van der Waals surface area contributed by atoms with Crippen molar-refractivity contribution in [2.45, 2.75) is 10.9 Å². The van der Waals surface area contributed by atoms with E-state index in [9.17, 15) is 8.42 Å². The fourth-order valence-corrected chi connectivity index (χ4v) is 5.91. The van der Waals surface area contributed by atoms with E-state index >= 15 is 0 Å². The SMILES string of the molecule is O=S(=O)(c1ccc(Cl)cc1)N1CCN(c2ccc(Cl)cc2Cl)C(c2ccc(Cl)cc2)C1. The summed E-state index contributed by atoms with van der Waals surface area (Å²) in [6.07, 6.45) is 0. The lowest BCUT2D eigenvalue weighted by Gasteiger charge is -2.42. The molecule has 162 valence electrons. The molecule has 0 radical (unpaired) electrons. The fourth-order valence-electron chi connectivity index (χ4n) is 3.70. The largest absolute Gasteiger partial charge is 0.361 e. The van der Waals surface area contributed by atoms with Crippen LogP contribution in [0.25, 0.3) is 0 Å². The van der Waals surface area contributed by atoms with Gasteiger partial charge in [0.1, 0.15) is 0 Å². The number of rotatable bonds is 4. The Bertz CT molecular complexity index is 1190. The van der Waals surface area contributed by atoms with Gasteiger partial charge in [-0.1, -0.05) is 58.5 Å². The summed E-state index contributed by atoms with van der Waals surface area (Å²) < 4.78 is 28.1. The number of hydrogen-bond donors (Lipinski definition) is 0. The van der Waals surface area contributed by atoms with E-state index in [1.165, 1.54) is 16.4 Å². The monoisotopic (exact) mass is 514 g/mol. The van der Waals surface area contributed by atoms with Gasteiger partial charge in [-0.2, -0.15) is 4.31 Å². The molecule has 1 heterocycles. The van der Waals surface area contributed by atoms with E-state index in [0.29, 0.717) is 33.2 Å². The predicted molar refractivity (Wildman–Crippen MR) is 128 cm³/mol. The summed E-state index contributed by atoms with van der Waals surface area (Å²) in [6.45, 7) is 1.03. The zero-order valence-electron chi connectivity index (χ0n) is 16.2. The van der Waals surface area contributed by atoms with Crippen LogP contribution >= 0.6 is 46.4 Å². The Morgan fingerprint density at radius 1 is 0.742 bits per heavy atom. The third-order valence-corrected chi connectivity index (χ3v) is 8.19. The third kappa shape index (κ3) is 4.82. The first-order valence-electron chi connectivity index (χ1n) is 9.48. The molecule has 4 rings (SSSR count). The Morgan fingerprint density at radius 2 is 1.32 bits per heavy atom. The smallest absolute Gasteiger partial charge is 0.243 e. The lowest BCUT2D eigenvalue weighted by Crippen LogP contribution is -2.50. The average molecular weight is 516 g/mol. The van der Waals surface area contributed by atoms with Gasteiger partial charge in [-0.3, -0.25) is 0 Å². The second-order valence-electron chi connectivity index (χ2n) is 7.17. The highest BCUT2D eigenvalue weighted by Gasteiger charge is 2.35. The van der Waals surface area contributed by atoms with E-state index in [4.69, 9.17) is 46.4 Å². The number of hydrogen-bond acceptors (Lipinski definition) is 3. The van der Waals surface area contributed by atoms with Gasteiger partial charge >= 0.3 is 0 Å². The molecule has 0 saturated carbocycles. The molecule has 0 N–H and O–H groups in total. The first kappa shape index (κ1) is 22.7. The van der Waals surface area contributed by atoms with Crippen LogP contribution in [0.5, 0.6) is 0 Å². The van der Waals surface area contributed by atoms with Gasteiger partial charge in [0.2, 0.25) is 10.0 Å². The van der Waals surface area contributed by atoms with Crippen molar-refractivity contribution in [1.29, 1.82) is 0 Å². The normalized spacial score (nSPS) is 17.7. The Hall–Kier alpha value is -1.47. The molecule has 1 atom stereocenters. The van der Waals surface area contributed by atoms with Crippen molar-refractivity contribution < 1.29 is 8.42 Å². The number of halogens is 4. The molecule has 1 aliphatic rings. The van der Waals surface area contributed by atoms with Gasteiger partial charge in [0.15, 0.2) is 0 Å². The molecular weight excluding hydrogens is 498 g/mol. The van der Waals surface area contributed by atoms with Gasteiger partial charge in [-0.15, -0.1) is 0 Å². The standard InChI is InChI=1S/C22H18Cl4N2O2S/c23-16-3-1-15(2-4-16)22-14-27(31(29,30)19-8-5-17(24)6-9-19)11-12-28(22)21-10-7-18(25)13-20(21)26/h1-10,13,22H,11-12,14H2. The number of nitrogens with zero attached hydrogens (tertiary/aromatic N) is 2. The molecule has 1 unspecified atom stereocenters. The van der Waals surface area contributed by atoms with E-state index in [-0.39, 0.29) is 17.5 Å². The lowest BCUT2D eigenvalue weighted by atomic mass is 10.0. The molecular formula is C22H18Cl4N2O2S. The maximum absolute atomic E-state index is 13.3. The second-order valence-corrected chi connectivity index (χ2v) is 10.8. The molecule has 1 aliphatic heterocycles. The minimum Gasteiger partial charge on any atom is -0.361 e. The topological polar surface area (TPSA) is 40.6 Å². The fraction of sp³-hybridized carbons (Fsp3) is 0.182. The minimum absolute atomic E-state index is 0.213. The van der Waals surface area contributed by atoms with Gasteiger partial charge in [-0.25, -0.2) is 8.42 Å². The molecule has 1 fully saturated rings. The minimum atomic E-state index is -3.68. The molecule has 3 aromatic carbocycles. The van der Waals surface area contributed by atoms with E-state index < -0.39 is 10.0 Å². The van der Waals surface area contributed by atoms with Crippen LogP contribution in [-0.4, -0.2) is 32.4 Å². The zero-order chi connectivity index (χ0) is 22.2. The molecule has 0 aromatic heterocycles. The summed E-state index contributed by atoms with van der Waals surface area (Å²) in [4.78, 5) is 2.32. The molecule has 1 saturated heterocycles. The highest BCUT2D eigenvalue weighted by atomic mass is 35.5. The summed E-state index contributed by atoms with van der Waals surface area (Å²) in [5.41, 5.74) is 1.74. The summed E-state index contributed by atoms with van der Waals surface area (Å²) in [7, 11) is -3.68. The van der Waals surface area contributed by atoms with E-state index in [1.807, 2.05) is 18.2 Å². The van der Waals surface area contributed by atoms with Gasteiger partial charge in [0.25, 0.3) is 0 Å². The summed E-state index contributed by atoms with van der Waals surface area (Å²) in [5.74, 6) is 0. The number of piperazine rings is 1. The van der Waals surface area contributed by atoms with Crippen LogP contribution in [0, 0.1) is 0 Å². The van der Waals surface area contributed by atoms with Crippen LogP contribution in [0.1, 0.15) is 11.6 Å². The summed E-state index contributed by atoms with van der Waals surface area (Å²) in [6, 6.07) is 18.7. The van der Waals surface area contributed by atoms with Crippen LogP contribution < -0.4 is 4.90 Å².